The van der Waals surface area contributed by atoms with Gasteiger partial charge in [0.25, 0.3) is 5.91 Å². The van der Waals surface area contributed by atoms with Gasteiger partial charge >= 0.3 is 0 Å². The molecule has 1 aliphatic rings. The van der Waals surface area contributed by atoms with Crippen LogP contribution in [0.4, 0.5) is 0 Å². The zero-order valence-corrected chi connectivity index (χ0v) is 11.5. The van der Waals surface area contributed by atoms with Gasteiger partial charge in [-0.2, -0.15) is 0 Å². The van der Waals surface area contributed by atoms with Crippen LogP contribution in [0.5, 0.6) is 0 Å². The van der Waals surface area contributed by atoms with Crippen molar-refractivity contribution >= 4 is 11.6 Å². The van der Waals surface area contributed by atoms with E-state index in [9.17, 15) is 4.79 Å². The summed E-state index contributed by atoms with van der Waals surface area (Å²) in [5.41, 5.74) is 1.80. The number of hydrogen-bond donors (Lipinski definition) is 1. The maximum atomic E-state index is 12.0. The van der Waals surface area contributed by atoms with Crippen molar-refractivity contribution in [2.24, 2.45) is 5.16 Å². The largest absolute Gasteiger partial charge is 0.469 e. The molecule has 5 nitrogen and oxygen atoms in total. The number of oxime groups is 1. The SMILES string of the molecule is O=C(NCCc1ccco1)C1CC(c2ccccc2)=NO1. The van der Waals surface area contributed by atoms with E-state index in [0.29, 0.717) is 19.4 Å². The molecule has 0 spiro atoms. The summed E-state index contributed by atoms with van der Waals surface area (Å²) in [5.74, 6) is 0.708. The van der Waals surface area contributed by atoms with E-state index < -0.39 is 6.10 Å². The minimum atomic E-state index is -0.545. The lowest BCUT2D eigenvalue weighted by Gasteiger charge is -2.08. The number of carbonyl (C=O) groups is 1. The Labute approximate surface area is 122 Å². The van der Waals surface area contributed by atoms with Crippen LogP contribution >= 0.6 is 0 Å². The first-order valence-electron chi connectivity index (χ1n) is 6.91. The van der Waals surface area contributed by atoms with Gasteiger partial charge in [-0.15, -0.1) is 0 Å². The predicted octanol–water partition coefficient (Wildman–Crippen LogP) is 2.13. The van der Waals surface area contributed by atoms with Gasteiger partial charge in [0.15, 0.2) is 0 Å². The molecule has 3 rings (SSSR count). The molecular formula is C16H16N2O3. The first kappa shape index (κ1) is 13.4. The molecule has 21 heavy (non-hydrogen) atoms. The molecule has 1 amide bonds. The third-order valence-electron chi connectivity index (χ3n) is 3.32. The summed E-state index contributed by atoms with van der Waals surface area (Å²) in [6.07, 6.45) is 2.24. The highest BCUT2D eigenvalue weighted by atomic mass is 16.6. The Bertz CT molecular complexity index is 620. The molecule has 2 heterocycles. The van der Waals surface area contributed by atoms with Crippen molar-refractivity contribution in [1.29, 1.82) is 0 Å². The fourth-order valence-electron chi connectivity index (χ4n) is 2.20. The molecule has 0 bridgehead atoms. The van der Waals surface area contributed by atoms with Crippen molar-refractivity contribution in [3.8, 4) is 0 Å². The van der Waals surface area contributed by atoms with E-state index >= 15 is 0 Å². The number of benzene rings is 1. The van der Waals surface area contributed by atoms with Crippen molar-refractivity contribution in [2.45, 2.75) is 18.9 Å². The Morgan fingerprint density at radius 2 is 2.10 bits per heavy atom. The zero-order chi connectivity index (χ0) is 14.5. The van der Waals surface area contributed by atoms with Crippen LogP contribution in [0.25, 0.3) is 0 Å². The minimum absolute atomic E-state index is 0.142. The third kappa shape index (κ3) is 3.31. The molecule has 1 aromatic carbocycles. The van der Waals surface area contributed by atoms with Crippen molar-refractivity contribution < 1.29 is 14.0 Å². The van der Waals surface area contributed by atoms with Gasteiger partial charge in [-0.1, -0.05) is 35.5 Å². The van der Waals surface area contributed by atoms with Gasteiger partial charge in [0.05, 0.1) is 12.0 Å². The molecule has 0 radical (unpaired) electrons. The summed E-state index contributed by atoms with van der Waals surface area (Å²) in [6, 6.07) is 13.5. The number of hydrogen-bond acceptors (Lipinski definition) is 4. The van der Waals surface area contributed by atoms with Crippen LogP contribution in [-0.4, -0.2) is 24.3 Å². The molecule has 1 unspecified atom stereocenters. The summed E-state index contributed by atoms with van der Waals surface area (Å²) in [4.78, 5) is 17.2. The normalized spacial score (nSPS) is 17.1. The van der Waals surface area contributed by atoms with Gasteiger partial charge in [0.2, 0.25) is 6.10 Å². The number of furan rings is 1. The van der Waals surface area contributed by atoms with Crippen molar-refractivity contribution in [3.63, 3.8) is 0 Å². The van der Waals surface area contributed by atoms with Gasteiger partial charge in [0, 0.05) is 19.4 Å². The van der Waals surface area contributed by atoms with E-state index in [1.807, 2.05) is 42.5 Å². The van der Waals surface area contributed by atoms with Crippen LogP contribution in [0.3, 0.4) is 0 Å². The Morgan fingerprint density at radius 3 is 2.86 bits per heavy atom. The van der Waals surface area contributed by atoms with E-state index in [-0.39, 0.29) is 5.91 Å². The maximum Gasteiger partial charge on any atom is 0.264 e. The Balaban J connectivity index is 1.47. The lowest BCUT2D eigenvalue weighted by Crippen LogP contribution is -2.35. The molecule has 1 aromatic heterocycles. The molecule has 108 valence electrons. The van der Waals surface area contributed by atoms with Crippen LogP contribution in [0.2, 0.25) is 0 Å². The number of amides is 1. The monoisotopic (exact) mass is 284 g/mol. The molecule has 0 saturated carbocycles. The smallest absolute Gasteiger partial charge is 0.264 e. The van der Waals surface area contributed by atoms with Crippen LogP contribution < -0.4 is 5.32 Å². The van der Waals surface area contributed by atoms with Gasteiger partial charge < -0.3 is 14.6 Å². The average Bonchev–Trinajstić information content (AvgIpc) is 3.20. The molecule has 0 aliphatic carbocycles. The van der Waals surface area contributed by atoms with Crippen LogP contribution in [0.1, 0.15) is 17.7 Å². The molecule has 1 atom stereocenters. The van der Waals surface area contributed by atoms with Gasteiger partial charge in [-0.3, -0.25) is 4.79 Å². The van der Waals surface area contributed by atoms with E-state index in [1.54, 1.807) is 6.26 Å². The Hall–Kier alpha value is -2.56. The molecule has 5 heteroatoms. The molecule has 0 fully saturated rings. The van der Waals surface area contributed by atoms with E-state index in [0.717, 1.165) is 17.0 Å². The third-order valence-corrected chi connectivity index (χ3v) is 3.32. The quantitative estimate of drug-likeness (QED) is 0.914. The van der Waals surface area contributed by atoms with Crippen molar-refractivity contribution in [1.82, 2.24) is 5.32 Å². The second kappa shape index (κ2) is 6.26. The summed E-state index contributed by atoms with van der Waals surface area (Å²) in [7, 11) is 0. The van der Waals surface area contributed by atoms with Gasteiger partial charge in [-0.25, -0.2) is 0 Å². The number of rotatable bonds is 5. The van der Waals surface area contributed by atoms with Crippen molar-refractivity contribution in [3.05, 3.63) is 60.1 Å². The summed E-state index contributed by atoms with van der Waals surface area (Å²) >= 11 is 0. The summed E-state index contributed by atoms with van der Waals surface area (Å²) in [5, 5.41) is 6.84. The topological polar surface area (TPSA) is 63.8 Å². The maximum absolute atomic E-state index is 12.0. The molecule has 2 aromatic rings. The first-order valence-corrected chi connectivity index (χ1v) is 6.91. The summed E-state index contributed by atoms with van der Waals surface area (Å²) < 4.78 is 5.21. The lowest BCUT2D eigenvalue weighted by molar-refractivity contribution is -0.131. The van der Waals surface area contributed by atoms with E-state index in [4.69, 9.17) is 9.25 Å². The summed E-state index contributed by atoms with van der Waals surface area (Å²) in [6.45, 7) is 0.521. The molecule has 0 saturated heterocycles. The van der Waals surface area contributed by atoms with Crippen LogP contribution in [0.15, 0.2) is 58.3 Å². The van der Waals surface area contributed by atoms with Crippen LogP contribution in [0, 0.1) is 0 Å². The second-order valence-electron chi connectivity index (χ2n) is 4.82. The van der Waals surface area contributed by atoms with Crippen LogP contribution in [-0.2, 0) is 16.1 Å². The Morgan fingerprint density at radius 1 is 1.24 bits per heavy atom. The predicted molar refractivity (Wildman–Crippen MR) is 77.9 cm³/mol. The molecule has 1 aliphatic heterocycles. The molecular weight excluding hydrogens is 268 g/mol. The Kier molecular flexibility index (Phi) is 4.00. The standard InChI is InChI=1S/C16H16N2O3/c19-16(17-9-8-13-7-4-10-20-13)15-11-14(18-21-15)12-5-2-1-3-6-12/h1-7,10,15H,8-9,11H2,(H,17,19). The molecule has 1 N–H and O–H groups in total. The van der Waals surface area contributed by atoms with Gasteiger partial charge in [-0.05, 0) is 17.7 Å². The van der Waals surface area contributed by atoms with Crippen molar-refractivity contribution in [2.75, 3.05) is 6.54 Å². The number of nitrogens with one attached hydrogen (secondary N) is 1. The minimum Gasteiger partial charge on any atom is -0.469 e. The average molecular weight is 284 g/mol. The highest BCUT2D eigenvalue weighted by molar-refractivity contribution is 6.04. The van der Waals surface area contributed by atoms with Gasteiger partial charge in [0.1, 0.15) is 5.76 Å². The van der Waals surface area contributed by atoms with E-state index in [2.05, 4.69) is 10.5 Å². The fourth-order valence-corrected chi connectivity index (χ4v) is 2.20. The zero-order valence-electron chi connectivity index (χ0n) is 11.5. The lowest BCUT2D eigenvalue weighted by atomic mass is 10.0. The first-order chi connectivity index (χ1) is 10.3. The highest BCUT2D eigenvalue weighted by Gasteiger charge is 2.28. The number of carbonyl (C=O) groups excluding carboxylic acids is 1. The second-order valence-corrected chi connectivity index (χ2v) is 4.82. The fraction of sp³-hybridized carbons (Fsp3) is 0.250. The number of nitrogens with zero attached hydrogens (tertiary/aromatic N) is 1. The highest BCUT2D eigenvalue weighted by Crippen LogP contribution is 2.16. The van der Waals surface area contributed by atoms with E-state index in [1.165, 1.54) is 0 Å².